The van der Waals surface area contributed by atoms with E-state index in [0.29, 0.717) is 55.2 Å². The Bertz CT molecular complexity index is 2050. The van der Waals surface area contributed by atoms with Crippen molar-refractivity contribution < 1.29 is 14.3 Å². The lowest BCUT2D eigenvalue weighted by Gasteiger charge is -2.39. The molecular formula is C37H40N10O3. The fourth-order valence-corrected chi connectivity index (χ4v) is 6.93. The number of hydrogen-bond donors (Lipinski definition) is 0. The first-order valence-corrected chi connectivity index (χ1v) is 16.9. The van der Waals surface area contributed by atoms with Crippen molar-refractivity contribution >= 4 is 23.3 Å². The molecule has 0 spiro atoms. The van der Waals surface area contributed by atoms with Gasteiger partial charge in [-0.1, -0.05) is 30.3 Å². The number of piperazine rings is 1. The highest BCUT2D eigenvalue weighted by Gasteiger charge is 2.42. The standard InChI is InChI=1S/C37H40N10O3/c1-37(2,3)50-36(49)46-14-8-11-30(46)32(25-9-6-5-7-10-25)35(48)45-17-15-44(16-18-45)31-13-12-26(20-39-31)33-34-27(19-38)21-41-47(34)24-29(42-33)28-22-40-43(4)23-28/h5-7,9-10,12-13,20-24,30,32H,8,11,14-18H2,1-4H3. The van der Waals surface area contributed by atoms with Crippen LogP contribution in [0.1, 0.15) is 50.7 Å². The van der Waals surface area contributed by atoms with Crippen molar-refractivity contribution in [3.8, 4) is 28.6 Å². The molecule has 0 bridgehead atoms. The maximum atomic E-state index is 14.3. The van der Waals surface area contributed by atoms with Crippen LogP contribution in [0, 0.1) is 11.3 Å². The first-order valence-electron chi connectivity index (χ1n) is 16.9. The smallest absolute Gasteiger partial charge is 0.410 e. The first kappa shape index (κ1) is 32.8. The third kappa shape index (κ3) is 6.48. The number of hydrogen-bond acceptors (Lipinski definition) is 9. The largest absolute Gasteiger partial charge is 0.444 e. The van der Waals surface area contributed by atoms with Crippen LogP contribution in [0.25, 0.3) is 28.0 Å². The molecule has 7 rings (SSSR count). The topological polar surface area (TPSA) is 138 Å². The third-order valence-corrected chi connectivity index (χ3v) is 9.29. The zero-order valence-electron chi connectivity index (χ0n) is 28.7. The number of carbonyl (C=O) groups excluding carboxylic acids is 2. The molecule has 1 aromatic carbocycles. The number of rotatable bonds is 6. The van der Waals surface area contributed by atoms with E-state index < -0.39 is 11.5 Å². The molecule has 13 nitrogen and oxygen atoms in total. The lowest BCUT2D eigenvalue weighted by molar-refractivity contribution is -0.134. The fraction of sp³-hybridized carbons (Fsp3) is 0.378. The van der Waals surface area contributed by atoms with Crippen LogP contribution >= 0.6 is 0 Å². The van der Waals surface area contributed by atoms with Gasteiger partial charge in [-0.05, 0) is 51.3 Å². The van der Waals surface area contributed by atoms with Crippen LogP contribution in [0.4, 0.5) is 10.6 Å². The van der Waals surface area contributed by atoms with Gasteiger partial charge in [-0.2, -0.15) is 15.5 Å². The van der Waals surface area contributed by atoms with E-state index in [4.69, 9.17) is 14.7 Å². The van der Waals surface area contributed by atoms with E-state index >= 15 is 0 Å². The molecule has 6 heterocycles. The quantitative estimate of drug-likeness (QED) is 0.247. The van der Waals surface area contributed by atoms with Crippen molar-refractivity contribution in [3.63, 3.8) is 0 Å². The predicted molar refractivity (Wildman–Crippen MR) is 187 cm³/mol. The molecule has 2 amide bonds. The summed E-state index contributed by atoms with van der Waals surface area (Å²) in [5, 5.41) is 18.5. The Balaban J connectivity index is 1.09. The summed E-state index contributed by atoms with van der Waals surface area (Å²) in [7, 11) is 1.85. The van der Waals surface area contributed by atoms with Gasteiger partial charge in [-0.25, -0.2) is 19.3 Å². The summed E-state index contributed by atoms with van der Waals surface area (Å²) in [4.78, 5) is 43.1. The number of carbonyl (C=O) groups is 2. The number of fused-ring (bicyclic) bond motifs is 1. The molecule has 0 N–H and O–H groups in total. The number of likely N-dealkylation sites (tertiary alicyclic amines) is 1. The lowest BCUT2D eigenvalue weighted by atomic mass is 9.88. The van der Waals surface area contributed by atoms with Crippen LogP contribution in [0.15, 0.2) is 73.4 Å². The molecule has 2 aliphatic heterocycles. The molecule has 256 valence electrons. The minimum atomic E-state index is -0.620. The minimum Gasteiger partial charge on any atom is -0.444 e. The summed E-state index contributed by atoms with van der Waals surface area (Å²) in [6, 6.07) is 15.7. The van der Waals surface area contributed by atoms with Gasteiger partial charge in [-0.3, -0.25) is 9.48 Å². The summed E-state index contributed by atoms with van der Waals surface area (Å²) in [6.45, 7) is 8.43. The molecule has 0 radical (unpaired) electrons. The van der Waals surface area contributed by atoms with Gasteiger partial charge >= 0.3 is 6.09 Å². The SMILES string of the molecule is Cn1cc(-c2cn3ncc(C#N)c3c(-c3ccc(N4CCN(C(=O)C(c5ccccc5)C5CCCN5C(=O)OC(C)(C)C)CC4)nc3)n2)cn1. The fourth-order valence-electron chi connectivity index (χ4n) is 6.93. The third-order valence-electron chi connectivity index (χ3n) is 9.29. The van der Waals surface area contributed by atoms with Crippen molar-refractivity contribution in [2.24, 2.45) is 7.05 Å². The van der Waals surface area contributed by atoms with Gasteiger partial charge in [-0.15, -0.1) is 0 Å². The highest BCUT2D eigenvalue weighted by Crippen LogP contribution is 2.35. The van der Waals surface area contributed by atoms with Crippen LogP contribution in [-0.4, -0.2) is 95.5 Å². The van der Waals surface area contributed by atoms with Crippen molar-refractivity contribution in [1.82, 2.24) is 39.2 Å². The van der Waals surface area contributed by atoms with Gasteiger partial charge in [0.25, 0.3) is 0 Å². The van der Waals surface area contributed by atoms with Crippen LogP contribution in [0.5, 0.6) is 0 Å². The van der Waals surface area contributed by atoms with Crippen molar-refractivity contribution in [3.05, 3.63) is 84.6 Å². The summed E-state index contributed by atoms with van der Waals surface area (Å²) >= 11 is 0. The van der Waals surface area contributed by atoms with Gasteiger partial charge in [0, 0.05) is 63.3 Å². The Morgan fingerprint density at radius 3 is 2.38 bits per heavy atom. The van der Waals surface area contributed by atoms with Gasteiger partial charge in [0.05, 0.1) is 41.9 Å². The molecule has 2 aliphatic rings. The Kier molecular flexibility index (Phi) is 8.69. The van der Waals surface area contributed by atoms with E-state index in [2.05, 4.69) is 21.2 Å². The zero-order chi connectivity index (χ0) is 35.0. The molecule has 2 atom stereocenters. The van der Waals surface area contributed by atoms with E-state index in [-0.39, 0.29) is 18.0 Å². The van der Waals surface area contributed by atoms with Gasteiger partial charge < -0.3 is 19.4 Å². The average molecular weight is 673 g/mol. The monoisotopic (exact) mass is 672 g/mol. The minimum absolute atomic E-state index is 0.0253. The number of pyridine rings is 1. The number of anilines is 1. The normalized spacial score (nSPS) is 17.2. The number of ether oxygens (including phenoxy) is 1. The second-order valence-corrected chi connectivity index (χ2v) is 13.8. The van der Waals surface area contributed by atoms with Crippen LogP contribution in [-0.2, 0) is 16.6 Å². The van der Waals surface area contributed by atoms with Crippen LogP contribution < -0.4 is 4.90 Å². The predicted octanol–water partition coefficient (Wildman–Crippen LogP) is 4.90. The zero-order valence-corrected chi connectivity index (χ0v) is 28.7. The molecule has 0 aliphatic carbocycles. The second-order valence-electron chi connectivity index (χ2n) is 13.8. The number of aryl methyl sites for hydroxylation is 1. The van der Waals surface area contributed by atoms with Crippen LogP contribution in [0.2, 0.25) is 0 Å². The summed E-state index contributed by atoms with van der Waals surface area (Å²) in [5.74, 6) is 0.335. The number of benzene rings is 1. The van der Waals surface area contributed by atoms with Gasteiger partial charge in [0.15, 0.2) is 0 Å². The summed E-state index contributed by atoms with van der Waals surface area (Å²) in [6.07, 6.45) is 9.92. The first-order chi connectivity index (χ1) is 24.1. The van der Waals surface area contributed by atoms with Gasteiger partial charge in [0.1, 0.15) is 28.6 Å². The molecule has 13 heteroatoms. The summed E-state index contributed by atoms with van der Waals surface area (Å²) < 4.78 is 9.13. The van der Waals surface area contributed by atoms with Crippen LogP contribution in [0.3, 0.4) is 0 Å². The Morgan fingerprint density at radius 1 is 0.940 bits per heavy atom. The molecule has 2 saturated heterocycles. The lowest BCUT2D eigenvalue weighted by Crippen LogP contribution is -2.53. The number of aromatic nitrogens is 6. The number of nitriles is 1. The van der Waals surface area contributed by atoms with E-state index in [0.717, 1.165) is 35.3 Å². The Labute approximate surface area is 290 Å². The van der Waals surface area contributed by atoms with Gasteiger partial charge in [0.2, 0.25) is 5.91 Å². The van der Waals surface area contributed by atoms with E-state index in [1.165, 1.54) is 0 Å². The Hall–Kier alpha value is -5.77. The molecule has 50 heavy (non-hydrogen) atoms. The van der Waals surface area contributed by atoms with E-state index in [9.17, 15) is 14.9 Å². The molecule has 2 unspecified atom stereocenters. The van der Waals surface area contributed by atoms with E-state index in [1.807, 2.05) is 81.4 Å². The molecule has 0 saturated carbocycles. The average Bonchev–Trinajstić information content (AvgIpc) is 3.88. The molecule has 2 fully saturated rings. The number of amides is 2. The maximum Gasteiger partial charge on any atom is 0.410 e. The highest BCUT2D eigenvalue weighted by atomic mass is 16.6. The van der Waals surface area contributed by atoms with Crippen molar-refractivity contribution in [2.75, 3.05) is 37.6 Å². The molecular weight excluding hydrogens is 632 g/mol. The number of nitrogens with zero attached hydrogens (tertiary/aromatic N) is 10. The van der Waals surface area contributed by atoms with E-state index in [1.54, 1.807) is 38.9 Å². The molecule has 5 aromatic rings. The maximum absolute atomic E-state index is 14.3. The van der Waals surface area contributed by atoms with Crippen molar-refractivity contribution in [1.29, 1.82) is 5.26 Å². The second kappa shape index (κ2) is 13.3. The molecule has 4 aromatic heterocycles. The summed E-state index contributed by atoms with van der Waals surface area (Å²) in [5.41, 5.74) is 4.20. The highest BCUT2D eigenvalue weighted by molar-refractivity contribution is 5.86. The Morgan fingerprint density at radius 2 is 1.72 bits per heavy atom. The van der Waals surface area contributed by atoms with Crippen molar-refractivity contribution in [2.45, 2.75) is 51.2 Å².